The molecule has 11 nitrogen and oxygen atoms in total. The van der Waals surface area contributed by atoms with Crippen molar-refractivity contribution >= 4 is 18.1 Å². The Morgan fingerprint density at radius 2 is 1.19 bits per heavy atom. The maximum Gasteiger partial charge on any atom is 0.419 e. The lowest BCUT2D eigenvalue weighted by Crippen LogP contribution is -2.42. The van der Waals surface area contributed by atoms with Gasteiger partial charge in [-0.3, -0.25) is 9.36 Å². The van der Waals surface area contributed by atoms with Crippen LogP contribution < -0.4 is 0 Å². The van der Waals surface area contributed by atoms with Gasteiger partial charge in [0.25, 0.3) is 0 Å². The second-order valence-electron chi connectivity index (χ2n) is 5.88. The van der Waals surface area contributed by atoms with Gasteiger partial charge >= 0.3 is 12.2 Å². The van der Waals surface area contributed by atoms with E-state index < -0.39 is 23.5 Å². The molecular formula is C16H16N6O5. The van der Waals surface area contributed by atoms with Crippen molar-refractivity contribution in [1.29, 1.82) is 0 Å². The third-order valence-corrected chi connectivity index (χ3v) is 3.71. The molecule has 0 N–H and O–H groups in total. The molecule has 3 aromatic heterocycles. The average molecular weight is 372 g/mol. The van der Waals surface area contributed by atoms with Gasteiger partial charge < -0.3 is 9.47 Å². The van der Waals surface area contributed by atoms with E-state index in [1.54, 1.807) is 0 Å². The molecule has 27 heavy (non-hydrogen) atoms. The Morgan fingerprint density at radius 3 is 1.56 bits per heavy atom. The second-order valence-corrected chi connectivity index (χ2v) is 5.88. The Kier molecular flexibility index (Phi) is 5.11. The van der Waals surface area contributed by atoms with Gasteiger partial charge in [0.05, 0.1) is 0 Å². The molecule has 0 aliphatic heterocycles. The van der Waals surface area contributed by atoms with Crippen LogP contribution in [0.1, 0.15) is 11.7 Å². The van der Waals surface area contributed by atoms with Crippen molar-refractivity contribution in [2.75, 3.05) is 13.2 Å². The van der Waals surface area contributed by atoms with Crippen LogP contribution in [0.25, 0.3) is 0 Å². The van der Waals surface area contributed by atoms with Crippen LogP contribution in [0.4, 0.5) is 9.59 Å². The van der Waals surface area contributed by atoms with E-state index in [0.717, 1.165) is 9.13 Å². The van der Waals surface area contributed by atoms with Crippen LogP contribution >= 0.6 is 0 Å². The molecule has 0 bridgehead atoms. The summed E-state index contributed by atoms with van der Waals surface area (Å²) in [7, 11) is 0. The molecule has 0 spiro atoms. The normalized spacial score (nSPS) is 11.1. The number of hydrogen-bond donors (Lipinski definition) is 0. The molecule has 0 saturated heterocycles. The van der Waals surface area contributed by atoms with E-state index >= 15 is 0 Å². The molecule has 0 unspecified atom stereocenters. The second kappa shape index (κ2) is 7.64. The Balaban J connectivity index is 1.72. The third kappa shape index (κ3) is 4.08. The number of carbonyl (C=O) groups is 3. The number of ether oxygens (including phenoxy) is 2. The van der Waals surface area contributed by atoms with Crippen LogP contribution in [-0.2, 0) is 9.47 Å². The van der Waals surface area contributed by atoms with E-state index in [1.807, 2.05) is 0 Å². The Labute approximate surface area is 153 Å². The first-order valence-corrected chi connectivity index (χ1v) is 7.82. The summed E-state index contributed by atoms with van der Waals surface area (Å²) in [5.41, 5.74) is -1.34. The third-order valence-electron chi connectivity index (χ3n) is 3.71. The lowest BCUT2D eigenvalue weighted by Gasteiger charge is -2.26. The highest BCUT2D eigenvalue weighted by molar-refractivity contribution is 5.85. The summed E-state index contributed by atoms with van der Waals surface area (Å²) < 4.78 is 13.9. The zero-order valence-corrected chi connectivity index (χ0v) is 14.3. The molecule has 140 valence electrons. The van der Waals surface area contributed by atoms with E-state index in [9.17, 15) is 14.4 Å². The van der Waals surface area contributed by atoms with Crippen LogP contribution in [0.15, 0.2) is 56.2 Å². The number of imidazole rings is 3. The first-order valence-electron chi connectivity index (χ1n) is 7.82. The van der Waals surface area contributed by atoms with Crippen molar-refractivity contribution in [3.63, 3.8) is 0 Å². The van der Waals surface area contributed by atoms with Crippen LogP contribution in [0.3, 0.4) is 0 Å². The lowest BCUT2D eigenvalue weighted by molar-refractivity contribution is 0.0264. The summed E-state index contributed by atoms with van der Waals surface area (Å²) in [5.74, 6) is -0.447. The molecule has 0 atom stereocenters. The van der Waals surface area contributed by atoms with Crippen molar-refractivity contribution in [3.8, 4) is 0 Å². The number of aromatic nitrogens is 6. The Morgan fingerprint density at radius 1 is 0.778 bits per heavy atom. The highest BCUT2D eigenvalue weighted by atomic mass is 16.6. The molecule has 0 amide bonds. The van der Waals surface area contributed by atoms with Gasteiger partial charge in [0.1, 0.15) is 37.6 Å². The zero-order valence-electron chi connectivity index (χ0n) is 14.3. The summed E-state index contributed by atoms with van der Waals surface area (Å²) in [4.78, 5) is 48.2. The number of hydrogen-bond acceptors (Lipinski definition) is 8. The van der Waals surface area contributed by atoms with Crippen molar-refractivity contribution < 1.29 is 23.9 Å². The smallest absolute Gasteiger partial charge is 0.419 e. The minimum atomic E-state index is -1.34. The number of carbonyl (C=O) groups excluding carboxylic acids is 3. The van der Waals surface area contributed by atoms with Crippen molar-refractivity contribution in [1.82, 2.24) is 28.7 Å². The van der Waals surface area contributed by atoms with Gasteiger partial charge in [0.15, 0.2) is 0 Å². The topological polar surface area (TPSA) is 123 Å². The zero-order chi connectivity index (χ0) is 19.3. The summed E-state index contributed by atoms with van der Waals surface area (Å²) in [5, 5.41) is 0. The van der Waals surface area contributed by atoms with Gasteiger partial charge in [-0.2, -0.15) is 0 Å². The molecule has 0 fully saturated rings. The predicted octanol–water partition coefficient (Wildman–Crippen LogP) is 1.29. The van der Waals surface area contributed by atoms with E-state index in [1.165, 1.54) is 67.7 Å². The van der Waals surface area contributed by atoms with Crippen LogP contribution in [0.5, 0.6) is 0 Å². The van der Waals surface area contributed by atoms with Crippen LogP contribution in [-0.4, -0.2) is 60.0 Å². The minimum Gasteiger partial charge on any atom is -0.448 e. The van der Waals surface area contributed by atoms with Gasteiger partial charge in [0.2, 0.25) is 5.91 Å². The molecule has 3 heterocycles. The molecule has 11 heteroatoms. The highest BCUT2D eigenvalue weighted by Crippen LogP contribution is 2.21. The first kappa shape index (κ1) is 18.0. The molecular weight excluding hydrogens is 356 g/mol. The monoisotopic (exact) mass is 372 g/mol. The minimum absolute atomic E-state index is 0.321. The van der Waals surface area contributed by atoms with E-state index in [2.05, 4.69) is 15.0 Å². The Hall–Kier alpha value is -3.76. The molecule has 0 saturated carbocycles. The van der Waals surface area contributed by atoms with Gasteiger partial charge in [-0.25, -0.2) is 33.7 Å². The molecule has 0 aromatic carbocycles. The van der Waals surface area contributed by atoms with Crippen molar-refractivity contribution in [3.05, 3.63) is 56.2 Å². The van der Waals surface area contributed by atoms with Crippen molar-refractivity contribution in [2.24, 2.45) is 5.41 Å². The summed E-state index contributed by atoms with van der Waals surface area (Å²) in [6.45, 7) is 0.883. The molecule has 3 rings (SSSR count). The molecule has 0 aliphatic carbocycles. The molecule has 0 aliphatic rings. The standard InChI is InChI=1S/C16H16N6O5/c1-16(13(23)20-5-2-17-10-20,8-26-14(24)21-6-3-18-11-21)9-27-15(25)22-7-4-19-12-22/h2-7,10-12H,8-9H2,1H3. The quantitative estimate of drug-likeness (QED) is 0.656. The van der Waals surface area contributed by atoms with Gasteiger partial charge in [-0.15, -0.1) is 0 Å². The van der Waals surface area contributed by atoms with Crippen LogP contribution in [0, 0.1) is 5.41 Å². The van der Waals surface area contributed by atoms with E-state index in [-0.39, 0.29) is 13.2 Å². The summed E-state index contributed by atoms with van der Waals surface area (Å²) in [6.07, 6.45) is 11.0. The number of nitrogens with zero attached hydrogens (tertiary/aromatic N) is 6. The fourth-order valence-electron chi connectivity index (χ4n) is 2.18. The highest BCUT2D eigenvalue weighted by Gasteiger charge is 2.38. The SMILES string of the molecule is CC(COC(=O)n1ccnc1)(COC(=O)n1ccnc1)C(=O)n1ccnc1. The van der Waals surface area contributed by atoms with E-state index in [4.69, 9.17) is 9.47 Å². The summed E-state index contributed by atoms with van der Waals surface area (Å²) in [6, 6.07) is 0. The molecule has 0 radical (unpaired) electrons. The van der Waals surface area contributed by atoms with Gasteiger partial charge in [-0.1, -0.05) is 0 Å². The Bertz CT molecular complexity index is 851. The van der Waals surface area contributed by atoms with Gasteiger partial charge in [0, 0.05) is 37.2 Å². The average Bonchev–Trinajstić information content (AvgIpc) is 3.45. The van der Waals surface area contributed by atoms with E-state index in [0.29, 0.717) is 0 Å². The largest absolute Gasteiger partial charge is 0.448 e. The molecule has 3 aromatic rings. The fraction of sp³-hybridized carbons (Fsp3) is 0.250. The maximum absolute atomic E-state index is 12.8. The number of rotatable bonds is 5. The van der Waals surface area contributed by atoms with Crippen molar-refractivity contribution in [2.45, 2.75) is 6.92 Å². The predicted molar refractivity (Wildman–Crippen MR) is 88.9 cm³/mol. The van der Waals surface area contributed by atoms with Gasteiger partial charge in [-0.05, 0) is 6.92 Å². The fourth-order valence-corrected chi connectivity index (χ4v) is 2.18. The lowest BCUT2D eigenvalue weighted by atomic mass is 9.91. The maximum atomic E-state index is 12.8. The summed E-state index contributed by atoms with van der Waals surface area (Å²) >= 11 is 0. The first-order chi connectivity index (χ1) is 13.0. The van der Waals surface area contributed by atoms with Crippen LogP contribution in [0.2, 0.25) is 0 Å².